The van der Waals surface area contributed by atoms with Gasteiger partial charge in [0.05, 0.1) is 11.6 Å². The molecule has 0 radical (unpaired) electrons. The summed E-state index contributed by atoms with van der Waals surface area (Å²) in [5.41, 5.74) is 5.60. The van der Waals surface area contributed by atoms with Gasteiger partial charge in [-0.2, -0.15) is 13.2 Å². The number of carbonyl (C=O) groups excluding carboxylic acids is 1. The molecule has 2 nitrogen and oxygen atoms in total. The van der Waals surface area contributed by atoms with Crippen molar-refractivity contribution in [3.05, 3.63) is 34.9 Å². The van der Waals surface area contributed by atoms with Crippen molar-refractivity contribution >= 4 is 5.78 Å². The van der Waals surface area contributed by atoms with Gasteiger partial charge in [-0.15, -0.1) is 0 Å². The Morgan fingerprint density at radius 2 is 2.00 bits per heavy atom. The molecule has 0 aliphatic carbocycles. The number of unbranched alkanes of at least 4 members (excludes halogenated alkanes) is 1. The summed E-state index contributed by atoms with van der Waals surface area (Å²) >= 11 is 0. The molecule has 1 rings (SSSR count). The van der Waals surface area contributed by atoms with Crippen LogP contribution in [0.15, 0.2) is 18.2 Å². The second-order valence-corrected chi connectivity index (χ2v) is 4.64. The number of hydrogen-bond donors (Lipinski definition) is 1. The minimum Gasteiger partial charge on any atom is -0.321 e. The highest BCUT2D eigenvalue weighted by Gasteiger charge is 2.31. The summed E-state index contributed by atoms with van der Waals surface area (Å²) in [6.45, 7) is 3.48. The van der Waals surface area contributed by atoms with E-state index in [1.165, 1.54) is 13.0 Å². The minimum absolute atomic E-state index is 0.275. The Labute approximate surface area is 110 Å². The summed E-state index contributed by atoms with van der Waals surface area (Å²) in [6, 6.07) is 2.48. The first-order valence-electron chi connectivity index (χ1n) is 6.25. The van der Waals surface area contributed by atoms with E-state index in [9.17, 15) is 18.0 Å². The quantitative estimate of drug-likeness (QED) is 0.831. The van der Waals surface area contributed by atoms with Gasteiger partial charge in [-0.05, 0) is 31.0 Å². The van der Waals surface area contributed by atoms with E-state index < -0.39 is 17.8 Å². The van der Waals surface area contributed by atoms with E-state index >= 15 is 0 Å². The lowest BCUT2D eigenvalue weighted by Crippen LogP contribution is -2.31. The maximum atomic E-state index is 12.5. The summed E-state index contributed by atoms with van der Waals surface area (Å²) < 4.78 is 37.5. The topological polar surface area (TPSA) is 43.1 Å². The van der Waals surface area contributed by atoms with Crippen LogP contribution in [0.2, 0.25) is 0 Å². The first-order chi connectivity index (χ1) is 8.77. The minimum atomic E-state index is -4.39. The molecule has 0 aromatic heterocycles. The summed E-state index contributed by atoms with van der Waals surface area (Å²) in [5.74, 6) is -0.292. The predicted octanol–water partition coefficient (Wildman–Crippen LogP) is 3.71. The average Bonchev–Trinajstić information content (AvgIpc) is 2.33. The number of hydrogen-bond acceptors (Lipinski definition) is 2. The Kier molecular flexibility index (Phi) is 5.11. The second kappa shape index (κ2) is 6.19. The number of Topliss-reactive ketones (excluding diaryl/α,β-unsaturated/α-hetero) is 1. The number of benzene rings is 1. The van der Waals surface area contributed by atoms with Crippen molar-refractivity contribution < 1.29 is 18.0 Å². The van der Waals surface area contributed by atoms with Crippen molar-refractivity contribution in [2.45, 2.75) is 45.3 Å². The highest BCUT2D eigenvalue weighted by Crippen LogP contribution is 2.30. The maximum absolute atomic E-state index is 12.5. The first-order valence-corrected chi connectivity index (χ1v) is 6.25. The van der Waals surface area contributed by atoms with Crippen molar-refractivity contribution in [2.24, 2.45) is 5.73 Å². The molecule has 106 valence electrons. The molecule has 19 heavy (non-hydrogen) atoms. The Bertz CT molecular complexity index is 454. The van der Waals surface area contributed by atoms with Crippen molar-refractivity contribution in [2.75, 3.05) is 0 Å². The molecule has 0 amide bonds. The smallest absolute Gasteiger partial charge is 0.321 e. The molecule has 1 aromatic carbocycles. The van der Waals surface area contributed by atoms with Gasteiger partial charge in [0.25, 0.3) is 0 Å². The third-order valence-electron chi connectivity index (χ3n) is 3.02. The van der Waals surface area contributed by atoms with E-state index in [1.54, 1.807) is 0 Å². The van der Waals surface area contributed by atoms with Crippen LogP contribution in [0.3, 0.4) is 0 Å². The number of rotatable bonds is 5. The van der Waals surface area contributed by atoms with Crippen LogP contribution in [0.5, 0.6) is 0 Å². The molecule has 0 aliphatic rings. The van der Waals surface area contributed by atoms with Gasteiger partial charge < -0.3 is 5.73 Å². The third-order valence-corrected chi connectivity index (χ3v) is 3.02. The fraction of sp³-hybridized carbons (Fsp3) is 0.500. The van der Waals surface area contributed by atoms with Crippen LogP contribution in [0.4, 0.5) is 13.2 Å². The van der Waals surface area contributed by atoms with Gasteiger partial charge in [0.1, 0.15) is 0 Å². The van der Waals surface area contributed by atoms with Crippen molar-refractivity contribution in [3.8, 4) is 0 Å². The third kappa shape index (κ3) is 4.06. The zero-order valence-electron chi connectivity index (χ0n) is 11.1. The van der Waals surface area contributed by atoms with Crippen LogP contribution in [0.1, 0.15) is 47.7 Å². The van der Waals surface area contributed by atoms with Gasteiger partial charge in [-0.1, -0.05) is 25.8 Å². The van der Waals surface area contributed by atoms with E-state index in [2.05, 4.69) is 0 Å². The molecule has 0 saturated heterocycles. The molecule has 0 bridgehead atoms. The SMILES string of the molecule is CCCCC(N)C(=O)c1ccc(C(F)(F)F)cc1C. The molecule has 1 atom stereocenters. The van der Waals surface area contributed by atoms with Gasteiger partial charge >= 0.3 is 6.18 Å². The lowest BCUT2D eigenvalue weighted by molar-refractivity contribution is -0.137. The average molecular weight is 273 g/mol. The molecule has 0 aliphatic heterocycles. The molecular weight excluding hydrogens is 255 g/mol. The molecule has 0 heterocycles. The zero-order valence-corrected chi connectivity index (χ0v) is 11.1. The van der Waals surface area contributed by atoms with E-state index in [0.717, 1.165) is 25.0 Å². The van der Waals surface area contributed by atoms with Gasteiger partial charge in [-0.3, -0.25) is 4.79 Å². The van der Waals surface area contributed by atoms with Crippen LogP contribution in [-0.4, -0.2) is 11.8 Å². The van der Waals surface area contributed by atoms with Crippen LogP contribution >= 0.6 is 0 Å². The maximum Gasteiger partial charge on any atom is 0.416 e. The van der Waals surface area contributed by atoms with Gasteiger partial charge in [0, 0.05) is 5.56 Å². The van der Waals surface area contributed by atoms with E-state index in [-0.39, 0.29) is 11.3 Å². The molecule has 1 unspecified atom stereocenters. The van der Waals surface area contributed by atoms with E-state index in [1.807, 2.05) is 6.92 Å². The Morgan fingerprint density at radius 1 is 1.37 bits per heavy atom. The van der Waals surface area contributed by atoms with Gasteiger partial charge in [0.15, 0.2) is 5.78 Å². The largest absolute Gasteiger partial charge is 0.416 e. The summed E-state index contributed by atoms with van der Waals surface area (Å²) in [6.07, 6.45) is -2.09. The normalized spacial score (nSPS) is 13.4. The second-order valence-electron chi connectivity index (χ2n) is 4.64. The summed E-state index contributed by atoms with van der Waals surface area (Å²) in [5, 5.41) is 0. The molecule has 0 spiro atoms. The van der Waals surface area contributed by atoms with Gasteiger partial charge in [0.2, 0.25) is 0 Å². The van der Waals surface area contributed by atoms with Crippen LogP contribution in [0.25, 0.3) is 0 Å². The lowest BCUT2D eigenvalue weighted by Gasteiger charge is -2.14. The lowest BCUT2D eigenvalue weighted by atomic mass is 9.95. The number of nitrogens with two attached hydrogens (primary N) is 1. The Balaban J connectivity index is 2.93. The molecular formula is C14H18F3NO. The molecule has 0 saturated carbocycles. The van der Waals surface area contributed by atoms with E-state index in [4.69, 9.17) is 5.73 Å². The number of ketones is 1. The zero-order chi connectivity index (χ0) is 14.6. The monoisotopic (exact) mass is 273 g/mol. The van der Waals surface area contributed by atoms with Crippen LogP contribution < -0.4 is 5.73 Å². The van der Waals surface area contributed by atoms with Crippen molar-refractivity contribution in [1.82, 2.24) is 0 Å². The highest BCUT2D eigenvalue weighted by molar-refractivity contribution is 6.01. The van der Waals surface area contributed by atoms with Crippen LogP contribution in [-0.2, 0) is 6.18 Å². The molecule has 2 N–H and O–H groups in total. The summed E-state index contributed by atoms with van der Waals surface area (Å²) in [4.78, 5) is 12.0. The van der Waals surface area contributed by atoms with Crippen molar-refractivity contribution in [1.29, 1.82) is 0 Å². The number of aryl methyl sites for hydroxylation is 1. The molecule has 5 heteroatoms. The summed E-state index contributed by atoms with van der Waals surface area (Å²) in [7, 11) is 0. The van der Waals surface area contributed by atoms with Gasteiger partial charge in [-0.25, -0.2) is 0 Å². The number of alkyl halides is 3. The number of carbonyl (C=O) groups is 1. The highest BCUT2D eigenvalue weighted by atomic mass is 19.4. The number of halogens is 3. The van der Waals surface area contributed by atoms with Crippen molar-refractivity contribution in [3.63, 3.8) is 0 Å². The predicted molar refractivity (Wildman–Crippen MR) is 68.0 cm³/mol. The fourth-order valence-corrected chi connectivity index (χ4v) is 1.87. The Morgan fingerprint density at radius 3 is 2.47 bits per heavy atom. The molecule has 0 fully saturated rings. The van der Waals surface area contributed by atoms with E-state index in [0.29, 0.717) is 12.0 Å². The molecule has 1 aromatic rings. The van der Waals surface area contributed by atoms with Crippen LogP contribution in [0, 0.1) is 6.92 Å². The fourth-order valence-electron chi connectivity index (χ4n) is 1.87. The standard InChI is InChI=1S/C14H18F3NO/c1-3-4-5-12(18)13(19)11-7-6-10(8-9(11)2)14(15,16)17/h6-8,12H,3-5,18H2,1-2H3. The Hall–Kier alpha value is -1.36. The first kappa shape index (κ1) is 15.7.